The number of nitrogens with one attached hydrogen (secondary N) is 1. The lowest BCUT2D eigenvalue weighted by molar-refractivity contribution is 0.00425. The minimum Gasteiger partial charge on any atom is -0.308 e. The number of nitrogens with zero attached hydrogens (tertiary/aromatic N) is 2. The van der Waals surface area contributed by atoms with Gasteiger partial charge in [0.25, 0.3) is 0 Å². The number of halogens is 1. The second kappa shape index (κ2) is 5.53. The molecule has 2 fully saturated rings. The molecule has 2 aliphatic rings. The Kier molecular flexibility index (Phi) is 4.02. The molecule has 1 aliphatic carbocycles. The van der Waals surface area contributed by atoms with Crippen molar-refractivity contribution in [2.75, 3.05) is 13.1 Å². The van der Waals surface area contributed by atoms with Crippen LogP contribution >= 0.6 is 11.6 Å². The smallest absolute Gasteiger partial charge is 0.0634 e. The van der Waals surface area contributed by atoms with E-state index in [2.05, 4.69) is 42.0 Å². The zero-order valence-corrected chi connectivity index (χ0v) is 14.1. The van der Waals surface area contributed by atoms with Crippen LogP contribution in [0.15, 0.2) is 18.5 Å². The van der Waals surface area contributed by atoms with Crippen LogP contribution in [-0.4, -0.2) is 34.1 Å². The predicted octanol–water partition coefficient (Wildman–Crippen LogP) is 3.48. The van der Waals surface area contributed by atoms with Gasteiger partial charge in [0.05, 0.1) is 5.02 Å². The molecule has 1 aliphatic heterocycles. The van der Waals surface area contributed by atoms with Gasteiger partial charge in [0.2, 0.25) is 0 Å². The van der Waals surface area contributed by atoms with Crippen molar-refractivity contribution >= 4 is 11.6 Å². The van der Waals surface area contributed by atoms with Crippen molar-refractivity contribution in [3.8, 4) is 0 Å². The first-order chi connectivity index (χ1) is 9.97. The molecule has 3 rings (SSSR count). The average molecular weight is 308 g/mol. The van der Waals surface area contributed by atoms with Crippen LogP contribution in [0.5, 0.6) is 0 Å². The summed E-state index contributed by atoms with van der Waals surface area (Å²) >= 11 is 6.32. The highest BCUT2D eigenvalue weighted by atomic mass is 35.5. The molecule has 2 heterocycles. The second-order valence-electron chi connectivity index (χ2n) is 7.22. The van der Waals surface area contributed by atoms with Crippen LogP contribution in [-0.2, 0) is 6.54 Å². The third-order valence-electron chi connectivity index (χ3n) is 5.61. The fourth-order valence-corrected chi connectivity index (χ4v) is 3.65. The second-order valence-corrected chi connectivity index (χ2v) is 7.63. The summed E-state index contributed by atoms with van der Waals surface area (Å²) in [4.78, 5) is 6.73. The minimum atomic E-state index is 0.195. The van der Waals surface area contributed by atoms with Crippen molar-refractivity contribution < 1.29 is 0 Å². The Morgan fingerprint density at radius 1 is 1.43 bits per heavy atom. The highest BCUT2D eigenvalue weighted by Gasteiger charge is 2.48. The molecule has 3 nitrogen and oxygen atoms in total. The Morgan fingerprint density at radius 2 is 2.19 bits per heavy atom. The van der Waals surface area contributed by atoms with Crippen LogP contribution in [0.4, 0.5) is 0 Å². The molecule has 1 N–H and O–H groups in total. The first kappa shape index (κ1) is 15.3. The zero-order valence-electron chi connectivity index (χ0n) is 13.3. The molecule has 21 heavy (non-hydrogen) atoms. The molecule has 0 aromatic carbocycles. The average Bonchev–Trinajstić information content (AvgIpc) is 3.31. The van der Waals surface area contributed by atoms with Gasteiger partial charge in [-0.1, -0.05) is 18.5 Å². The first-order valence-corrected chi connectivity index (χ1v) is 8.43. The lowest BCUT2D eigenvalue weighted by Crippen LogP contribution is -2.68. The van der Waals surface area contributed by atoms with Crippen molar-refractivity contribution in [3.63, 3.8) is 0 Å². The van der Waals surface area contributed by atoms with Gasteiger partial charge in [-0.3, -0.25) is 9.88 Å². The predicted molar refractivity (Wildman–Crippen MR) is 87.5 cm³/mol. The van der Waals surface area contributed by atoms with E-state index in [1.54, 1.807) is 6.20 Å². The SMILES string of the molecule is CCC1(C)CNC(C)(C2CC2)CN1Cc1ccncc1Cl. The van der Waals surface area contributed by atoms with Crippen molar-refractivity contribution in [1.82, 2.24) is 15.2 Å². The Hall–Kier alpha value is -0.640. The molecule has 0 radical (unpaired) electrons. The molecule has 4 heteroatoms. The van der Waals surface area contributed by atoms with Crippen molar-refractivity contribution in [2.24, 2.45) is 5.92 Å². The van der Waals surface area contributed by atoms with Gasteiger partial charge in [0.15, 0.2) is 0 Å². The summed E-state index contributed by atoms with van der Waals surface area (Å²) in [6.07, 6.45) is 7.48. The summed E-state index contributed by atoms with van der Waals surface area (Å²) in [5, 5.41) is 4.62. The van der Waals surface area contributed by atoms with Gasteiger partial charge in [0, 0.05) is 43.1 Å². The van der Waals surface area contributed by atoms with Gasteiger partial charge in [-0.25, -0.2) is 0 Å². The summed E-state index contributed by atoms with van der Waals surface area (Å²) in [7, 11) is 0. The molecule has 1 aromatic rings. The van der Waals surface area contributed by atoms with Gasteiger partial charge < -0.3 is 5.32 Å². The van der Waals surface area contributed by atoms with Crippen molar-refractivity contribution in [2.45, 2.75) is 57.7 Å². The number of piperazine rings is 1. The Bertz CT molecular complexity index is 517. The summed E-state index contributed by atoms with van der Waals surface area (Å²) in [5.74, 6) is 0.842. The van der Waals surface area contributed by atoms with E-state index < -0.39 is 0 Å². The molecule has 1 saturated carbocycles. The molecule has 0 spiro atoms. The van der Waals surface area contributed by atoms with Gasteiger partial charge in [-0.15, -0.1) is 0 Å². The Morgan fingerprint density at radius 3 is 2.81 bits per heavy atom. The summed E-state index contributed by atoms with van der Waals surface area (Å²) in [6.45, 7) is 10.1. The van der Waals surface area contributed by atoms with E-state index in [0.717, 1.165) is 37.0 Å². The number of hydrogen-bond acceptors (Lipinski definition) is 3. The molecule has 0 amide bonds. The van der Waals surface area contributed by atoms with E-state index in [-0.39, 0.29) is 11.1 Å². The zero-order chi connectivity index (χ0) is 15.1. The van der Waals surface area contributed by atoms with E-state index in [1.165, 1.54) is 18.4 Å². The standard InChI is InChI=1S/C17H26ClN3/c1-4-16(2)11-20-17(3,14-5-6-14)12-21(16)10-13-7-8-19-9-15(13)18/h7-9,14,20H,4-6,10-12H2,1-3H3. The Labute approximate surface area is 133 Å². The third kappa shape index (κ3) is 2.96. The quantitative estimate of drug-likeness (QED) is 0.923. The lowest BCUT2D eigenvalue weighted by atomic mass is 9.84. The maximum Gasteiger partial charge on any atom is 0.0634 e. The fraction of sp³-hybridized carbons (Fsp3) is 0.706. The van der Waals surface area contributed by atoms with Crippen molar-refractivity contribution in [3.05, 3.63) is 29.0 Å². The van der Waals surface area contributed by atoms with Crippen molar-refractivity contribution in [1.29, 1.82) is 0 Å². The van der Waals surface area contributed by atoms with E-state index in [9.17, 15) is 0 Å². The number of hydrogen-bond donors (Lipinski definition) is 1. The van der Waals surface area contributed by atoms with E-state index in [0.29, 0.717) is 0 Å². The van der Waals surface area contributed by atoms with Crippen LogP contribution in [0.3, 0.4) is 0 Å². The maximum atomic E-state index is 6.32. The van der Waals surface area contributed by atoms with Gasteiger partial charge >= 0.3 is 0 Å². The van der Waals surface area contributed by atoms with Crippen LogP contribution in [0, 0.1) is 5.92 Å². The van der Waals surface area contributed by atoms with Crippen LogP contribution < -0.4 is 5.32 Å². The number of pyridine rings is 1. The lowest BCUT2D eigenvalue weighted by Gasteiger charge is -2.52. The molecular weight excluding hydrogens is 282 g/mol. The van der Waals surface area contributed by atoms with Crippen LogP contribution in [0.2, 0.25) is 5.02 Å². The molecule has 0 bridgehead atoms. The number of aromatic nitrogens is 1. The van der Waals surface area contributed by atoms with Crippen LogP contribution in [0.25, 0.3) is 0 Å². The topological polar surface area (TPSA) is 28.2 Å². The summed E-state index contributed by atoms with van der Waals surface area (Å²) in [5.41, 5.74) is 1.64. The van der Waals surface area contributed by atoms with Gasteiger partial charge in [-0.2, -0.15) is 0 Å². The monoisotopic (exact) mass is 307 g/mol. The maximum absolute atomic E-state index is 6.32. The fourth-order valence-electron chi connectivity index (χ4n) is 3.47. The van der Waals surface area contributed by atoms with Gasteiger partial charge in [0.1, 0.15) is 0 Å². The van der Waals surface area contributed by atoms with E-state index in [4.69, 9.17) is 11.6 Å². The number of rotatable bonds is 4. The third-order valence-corrected chi connectivity index (χ3v) is 5.95. The Balaban J connectivity index is 1.82. The van der Waals surface area contributed by atoms with Crippen LogP contribution in [0.1, 0.15) is 45.6 Å². The highest BCUT2D eigenvalue weighted by Crippen LogP contribution is 2.43. The molecule has 2 unspecified atom stereocenters. The molecule has 1 aromatic heterocycles. The molecular formula is C17H26ClN3. The normalized spacial score (nSPS) is 34.1. The molecule has 1 saturated heterocycles. The van der Waals surface area contributed by atoms with E-state index >= 15 is 0 Å². The van der Waals surface area contributed by atoms with E-state index in [1.807, 2.05) is 6.20 Å². The minimum absolute atomic E-state index is 0.195. The molecule has 2 atom stereocenters. The summed E-state index contributed by atoms with van der Waals surface area (Å²) in [6, 6.07) is 2.05. The van der Waals surface area contributed by atoms with Gasteiger partial charge in [-0.05, 0) is 50.7 Å². The highest BCUT2D eigenvalue weighted by molar-refractivity contribution is 6.31. The summed E-state index contributed by atoms with van der Waals surface area (Å²) < 4.78 is 0. The largest absolute Gasteiger partial charge is 0.308 e. The molecule has 116 valence electrons. The first-order valence-electron chi connectivity index (χ1n) is 8.05.